The number of esters is 1. The van der Waals surface area contributed by atoms with Crippen LogP contribution in [-0.2, 0) is 20.3 Å². The summed E-state index contributed by atoms with van der Waals surface area (Å²) < 4.78 is 17.2. The van der Waals surface area contributed by atoms with Gasteiger partial charge in [0.05, 0.1) is 24.6 Å². The van der Waals surface area contributed by atoms with Crippen molar-refractivity contribution in [1.29, 1.82) is 0 Å². The van der Waals surface area contributed by atoms with Gasteiger partial charge in [0.1, 0.15) is 6.10 Å². The van der Waals surface area contributed by atoms with Gasteiger partial charge >= 0.3 is 5.97 Å². The molecule has 5 atom stereocenters. The number of rotatable bonds is 5. The molecule has 2 aliphatic rings. The van der Waals surface area contributed by atoms with Crippen molar-refractivity contribution in [3.05, 3.63) is 83.9 Å². The first-order valence-corrected chi connectivity index (χ1v) is 11.4. The zero-order valence-corrected chi connectivity index (χ0v) is 17.7. The molecule has 4 rings (SSSR count). The van der Waals surface area contributed by atoms with E-state index in [1.807, 2.05) is 72.8 Å². The minimum absolute atomic E-state index is 0.0828. The van der Waals surface area contributed by atoms with Crippen LogP contribution in [0.1, 0.15) is 23.1 Å². The van der Waals surface area contributed by atoms with Gasteiger partial charge < -0.3 is 9.84 Å². The molecule has 2 aliphatic heterocycles. The van der Waals surface area contributed by atoms with Gasteiger partial charge in [-0.2, -0.15) is 5.10 Å². The van der Waals surface area contributed by atoms with Crippen molar-refractivity contribution < 1.29 is 18.8 Å². The van der Waals surface area contributed by atoms with Crippen LogP contribution in [0.2, 0.25) is 0 Å². The lowest BCUT2D eigenvalue weighted by molar-refractivity contribution is -0.163. The van der Waals surface area contributed by atoms with Gasteiger partial charge in [-0.1, -0.05) is 72.8 Å². The molecule has 0 saturated heterocycles. The zero-order chi connectivity index (χ0) is 21.3. The van der Waals surface area contributed by atoms with Gasteiger partial charge in [-0.25, -0.2) is 4.79 Å². The summed E-state index contributed by atoms with van der Waals surface area (Å²) in [5.74, 6) is -0.984. The second-order valence-corrected chi connectivity index (χ2v) is 8.94. The van der Waals surface area contributed by atoms with Gasteiger partial charge in [0.2, 0.25) is 0 Å². The molecule has 0 aliphatic carbocycles. The number of fused-ring (bicyclic) bond motifs is 1. The van der Waals surface area contributed by atoms with Gasteiger partial charge in [-0.3, -0.25) is 9.22 Å². The van der Waals surface area contributed by atoms with Crippen LogP contribution in [0, 0.1) is 0 Å². The maximum Gasteiger partial charge on any atom is 0.337 e. The monoisotopic (exact) mass is 424 g/mol. The number of hydrogen-bond acceptors (Lipinski definition) is 6. The molecule has 30 heavy (non-hydrogen) atoms. The SMILES string of the molecule is COC(=O)C12C(O)C(CS(C)=O)=NN1C(c1ccccc1)C=CC2c1ccccc1. The summed E-state index contributed by atoms with van der Waals surface area (Å²) in [7, 11) is 0.0909. The maximum atomic E-state index is 13.4. The third-order valence-electron chi connectivity index (χ3n) is 5.73. The quantitative estimate of drug-likeness (QED) is 0.589. The van der Waals surface area contributed by atoms with E-state index >= 15 is 0 Å². The molecule has 0 aromatic heterocycles. The standard InChI is InChI=1S/C23H24N2O4S/c1-29-22(27)23-18(16-9-5-3-6-10-16)13-14-20(17-11-7-4-8-12-17)25(23)24-19(21(23)26)15-30(2)28/h3-14,18,20-21,26H,15H2,1-2H3. The molecule has 0 saturated carbocycles. The fourth-order valence-electron chi connectivity index (χ4n) is 4.44. The molecule has 6 nitrogen and oxygen atoms in total. The summed E-state index contributed by atoms with van der Waals surface area (Å²) >= 11 is 0. The molecule has 0 amide bonds. The van der Waals surface area contributed by atoms with Crippen molar-refractivity contribution in [2.24, 2.45) is 5.10 Å². The number of nitrogens with zero attached hydrogens (tertiary/aromatic N) is 2. The van der Waals surface area contributed by atoms with Gasteiger partial charge in [-0.15, -0.1) is 0 Å². The molecule has 0 bridgehead atoms. The number of hydrazone groups is 1. The molecule has 0 spiro atoms. The molecule has 2 aromatic rings. The molecule has 156 valence electrons. The highest BCUT2D eigenvalue weighted by Gasteiger charge is 2.64. The second-order valence-electron chi connectivity index (χ2n) is 7.50. The fraction of sp³-hybridized carbons (Fsp3) is 0.304. The Morgan fingerprint density at radius 3 is 2.27 bits per heavy atom. The number of hydrogen-bond donors (Lipinski definition) is 1. The minimum atomic E-state index is -1.49. The molecule has 7 heteroatoms. The Bertz CT molecular complexity index is 1010. The second kappa shape index (κ2) is 8.16. The van der Waals surface area contributed by atoms with E-state index in [2.05, 4.69) is 5.10 Å². The van der Waals surface area contributed by atoms with E-state index < -0.39 is 34.3 Å². The summed E-state index contributed by atoms with van der Waals surface area (Å²) in [4.78, 5) is 13.4. The normalized spacial score (nSPS) is 28.6. The number of aliphatic hydroxyl groups excluding tert-OH is 1. The first-order chi connectivity index (χ1) is 14.5. The lowest BCUT2D eigenvalue weighted by Gasteiger charge is -2.47. The lowest BCUT2D eigenvalue weighted by Crippen LogP contribution is -2.63. The summed E-state index contributed by atoms with van der Waals surface area (Å²) in [5.41, 5.74) is 0.638. The average Bonchev–Trinajstić information content (AvgIpc) is 3.06. The maximum absolute atomic E-state index is 13.4. The largest absolute Gasteiger partial charge is 0.467 e. The van der Waals surface area contributed by atoms with Crippen molar-refractivity contribution in [3.8, 4) is 0 Å². The van der Waals surface area contributed by atoms with Gasteiger partial charge in [0, 0.05) is 23.0 Å². The van der Waals surface area contributed by atoms with Crippen LogP contribution >= 0.6 is 0 Å². The first-order valence-electron chi connectivity index (χ1n) is 9.71. The highest BCUT2D eigenvalue weighted by atomic mass is 32.2. The Labute approximate surface area is 178 Å². The van der Waals surface area contributed by atoms with Gasteiger partial charge in [0.25, 0.3) is 0 Å². The lowest BCUT2D eigenvalue weighted by atomic mass is 9.71. The summed E-state index contributed by atoms with van der Waals surface area (Å²) in [6.07, 6.45) is 4.25. The van der Waals surface area contributed by atoms with Crippen LogP contribution < -0.4 is 0 Å². The smallest absolute Gasteiger partial charge is 0.337 e. The van der Waals surface area contributed by atoms with Crippen LogP contribution in [0.25, 0.3) is 0 Å². The van der Waals surface area contributed by atoms with Crippen LogP contribution in [0.5, 0.6) is 0 Å². The minimum Gasteiger partial charge on any atom is -0.467 e. The van der Waals surface area contributed by atoms with Crippen molar-refractivity contribution in [2.75, 3.05) is 19.1 Å². The van der Waals surface area contributed by atoms with E-state index in [0.29, 0.717) is 5.71 Å². The van der Waals surface area contributed by atoms with Crippen molar-refractivity contribution in [1.82, 2.24) is 5.01 Å². The Balaban J connectivity index is 1.94. The average molecular weight is 425 g/mol. The molecule has 1 N–H and O–H groups in total. The van der Waals surface area contributed by atoms with E-state index in [1.54, 1.807) is 11.3 Å². The highest BCUT2D eigenvalue weighted by Crippen LogP contribution is 2.50. The number of methoxy groups -OCH3 is 1. The van der Waals surface area contributed by atoms with E-state index in [4.69, 9.17) is 4.74 Å². The fourth-order valence-corrected chi connectivity index (χ4v) is 5.08. The Kier molecular flexibility index (Phi) is 5.58. The molecule has 2 heterocycles. The third kappa shape index (κ3) is 3.18. The van der Waals surface area contributed by atoms with Gasteiger partial charge in [0.15, 0.2) is 5.54 Å². The highest BCUT2D eigenvalue weighted by molar-refractivity contribution is 7.85. The first kappa shape index (κ1) is 20.5. The zero-order valence-electron chi connectivity index (χ0n) is 16.8. The summed E-state index contributed by atoms with van der Waals surface area (Å²) in [6, 6.07) is 18.8. The Morgan fingerprint density at radius 1 is 1.10 bits per heavy atom. The van der Waals surface area contributed by atoms with Crippen molar-refractivity contribution in [2.45, 2.75) is 23.6 Å². The van der Waals surface area contributed by atoms with Crippen LogP contribution in [0.15, 0.2) is 77.9 Å². The van der Waals surface area contributed by atoms with E-state index in [-0.39, 0.29) is 11.8 Å². The predicted octanol–water partition coefficient (Wildman–Crippen LogP) is 2.40. The molecule has 0 radical (unpaired) electrons. The van der Waals surface area contributed by atoms with Crippen LogP contribution in [0.4, 0.5) is 0 Å². The van der Waals surface area contributed by atoms with E-state index in [1.165, 1.54) is 7.11 Å². The van der Waals surface area contributed by atoms with E-state index in [0.717, 1.165) is 11.1 Å². The Morgan fingerprint density at radius 2 is 1.70 bits per heavy atom. The number of benzene rings is 2. The topological polar surface area (TPSA) is 79.2 Å². The number of ether oxygens (including phenoxy) is 1. The van der Waals surface area contributed by atoms with Crippen LogP contribution in [-0.4, -0.2) is 56.8 Å². The Hall–Kier alpha value is -2.77. The van der Waals surface area contributed by atoms with Crippen molar-refractivity contribution >= 4 is 22.5 Å². The number of carbonyl (C=O) groups excluding carboxylic acids is 1. The molecule has 2 aromatic carbocycles. The van der Waals surface area contributed by atoms with Crippen LogP contribution in [0.3, 0.4) is 0 Å². The number of aliphatic hydroxyl groups is 1. The molecular weight excluding hydrogens is 400 g/mol. The molecule has 0 fully saturated rings. The molecular formula is C23H24N2O4S. The van der Waals surface area contributed by atoms with Crippen molar-refractivity contribution in [3.63, 3.8) is 0 Å². The summed E-state index contributed by atoms with van der Waals surface area (Å²) in [5, 5.41) is 17.8. The third-order valence-corrected chi connectivity index (χ3v) is 6.44. The number of carbonyl (C=O) groups is 1. The predicted molar refractivity (Wildman–Crippen MR) is 116 cm³/mol. The molecule has 5 unspecified atom stereocenters. The summed E-state index contributed by atoms with van der Waals surface area (Å²) in [6.45, 7) is 0. The van der Waals surface area contributed by atoms with E-state index in [9.17, 15) is 14.1 Å². The van der Waals surface area contributed by atoms with Gasteiger partial charge in [-0.05, 0) is 11.1 Å².